The van der Waals surface area contributed by atoms with Gasteiger partial charge in [-0.05, 0) is 45.0 Å². The third kappa shape index (κ3) is 4.92. The molecule has 0 aliphatic rings. The van der Waals surface area contributed by atoms with Gasteiger partial charge in [0, 0.05) is 24.9 Å². The van der Waals surface area contributed by atoms with E-state index >= 15 is 0 Å². The van der Waals surface area contributed by atoms with Crippen LogP contribution in [-0.4, -0.2) is 47.9 Å². The zero-order valence-corrected chi connectivity index (χ0v) is 18.9. The Balaban J connectivity index is 1.94. The zero-order chi connectivity index (χ0) is 24.5. The molecule has 2 atom stereocenters. The van der Waals surface area contributed by atoms with E-state index < -0.39 is 40.9 Å². The van der Waals surface area contributed by atoms with Gasteiger partial charge >= 0.3 is 17.8 Å². The first kappa shape index (κ1) is 23.6. The molecule has 3 aromatic heterocycles. The first-order valence-corrected chi connectivity index (χ1v) is 10.2. The summed E-state index contributed by atoms with van der Waals surface area (Å²) in [5, 5.41) is 11.9. The predicted molar refractivity (Wildman–Crippen MR) is 120 cm³/mol. The van der Waals surface area contributed by atoms with Crippen molar-refractivity contribution in [2.24, 2.45) is 7.05 Å². The molecular formula is C22H25N5O6. The number of carboxylic acid groups (broad SMARTS) is 1. The van der Waals surface area contributed by atoms with Crippen LogP contribution < -0.4 is 16.6 Å². The molecular weight excluding hydrogens is 430 g/mol. The summed E-state index contributed by atoms with van der Waals surface area (Å²) < 4.78 is 7.40. The number of rotatable bonds is 5. The molecule has 3 rings (SSSR count). The molecule has 2 N–H and O–H groups in total. The first-order chi connectivity index (χ1) is 15.4. The number of hydrogen-bond acceptors (Lipinski definition) is 7. The molecule has 0 saturated heterocycles. The van der Waals surface area contributed by atoms with E-state index in [1.165, 1.54) is 36.1 Å². The minimum atomic E-state index is -1.31. The van der Waals surface area contributed by atoms with Gasteiger partial charge in [-0.2, -0.15) is 0 Å². The van der Waals surface area contributed by atoms with Gasteiger partial charge in [0.2, 0.25) is 0 Å². The third-order valence-electron chi connectivity index (χ3n) is 4.97. The van der Waals surface area contributed by atoms with Crippen LogP contribution in [0.3, 0.4) is 0 Å². The predicted octanol–water partition coefficient (Wildman–Crippen LogP) is 1.56. The summed E-state index contributed by atoms with van der Waals surface area (Å²) in [5.74, 6) is -1.99. The summed E-state index contributed by atoms with van der Waals surface area (Å²) in [7, 11) is 1.53. The lowest BCUT2D eigenvalue weighted by atomic mass is 9.97. The molecule has 0 aromatic carbocycles. The van der Waals surface area contributed by atoms with Gasteiger partial charge in [0.25, 0.3) is 5.56 Å². The van der Waals surface area contributed by atoms with Crippen LogP contribution in [0.25, 0.3) is 16.7 Å². The van der Waals surface area contributed by atoms with Gasteiger partial charge in [0.05, 0.1) is 17.4 Å². The third-order valence-corrected chi connectivity index (χ3v) is 4.97. The summed E-state index contributed by atoms with van der Waals surface area (Å²) in [4.78, 5) is 57.8. The van der Waals surface area contributed by atoms with Crippen molar-refractivity contribution < 1.29 is 19.4 Å². The average Bonchev–Trinajstić information content (AvgIpc) is 2.75. The number of pyridine rings is 2. The fourth-order valence-corrected chi connectivity index (χ4v) is 3.31. The number of carboxylic acids is 1. The van der Waals surface area contributed by atoms with Crippen molar-refractivity contribution in [1.29, 1.82) is 0 Å². The molecule has 0 bridgehead atoms. The number of alkyl carbamates (subject to hydrolysis) is 1. The van der Waals surface area contributed by atoms with Gasteiger partial charge in [-0.15, -0.1) is 0 Å². The Labute approximate surface area is 188 Å². The molecule has 0 spiro atoms. The Kier molecular flexibility index (Phi) is 6.34. The molecule has 11 nitrogen and oxygen atoms in total. The Morgan fingerprint density at radius 3 is 2.42 bits per heavy atom. The second kappa shape index (κ2) is 8.85. The Hall–Kier alpha value is -4.02. The number of fused-ring (bicyclic) bond motifs is 1. The van der Waals surface area contributed by atoms with Gasteiger partial charge in [0.15, 0.2) is 5.52 Å². The lowest BCUT2D eigenvalue weighted by molar-refractivity contribution is -0.140. The number of aryl methyl sites for hydroxylation is 1. The molecule has 174 valence electrons. The van der Waals surface area contributed by atoms with Crippen LogP contribution in [0, 0.1) is 0 Å². The van der Waals surface area contributed by atoms with Crippen LogP contribution in [0.5, 0.6) is 0 Å². The van der Waals surface area contributed by atoms with E-state index in [2.05, 4.69) is 15.3 Å². The van der Waals surface area contributed by atoms with E-state index in [0.717, 1.165) is 4.57 Å². The van der Waals surface area contributed by atoms with Crippen LogP contribution in [0.1, 0.15) is 39.3 Å². The fourth-order valence-electron chi connectivity index (χ4n) is 3.31. The zero-order valence-electron chi connectivity index (χ0n) is 18.9. The number of ether oxygens (including phenoxy) is 1. The van der Waals surface area contributed by atoms with Crippen molar-refractivity contribution >= 4 is 23.1 Å². The van der Waals surface area contributed by atoms with Gasteiger partial charge in [-0.1, -0.05) is 6.92 Å². The maximum atomic E-state index is 12.9. The quantitative estimate of drug-likeness (QED) is 0.589. The van der Waals surface area contributed by atoms with Crippen LogP contribution >= 0.6 is 0 Å². The number of aliphatic carboxylic acids is 1. The molecule has 0 aliphatic heterocycles. The monoisotopic (exact) mass is 455 g/mol. The molecule has 3 aromatic rings. The van der Waals surface area contributed by atoms with Crippen LogP contribution in [0.4, 0.5) is 4.79 Å². The van der Waals surface area contributed by atoms with E-state index in [1.807, 2.05) is 0 Å². The van der Waals surface area contributed by atoms with Crippen molar-refractivity contribution in [3.63, 3.8) is 0 Å². The molecule has 3 heterocycles. The SMILES string of the molecule is CC(c1ccc(-n2c(=O)c3ncccc3n(C)c2=O)cn1)[C@H](NC(=O)OC(C)(C)C)C(=O)O. The molecule has 0 fully saturated rings. The van der Waals surface area contributed by atoms with Crippen molar-refractivity contribution in [1.82, 2.24) is 24.4 Å². The fraction of sp³-hybridized carbons (Fsp3) is 0.364. The molecule has 1 unspecified atom stereocenters. The van der Waals surface area contributed by atoms with Gasteiger partial charge < -0.3 is 15.2 Å². The van der Waals surface area contributed by atoms with Crippen molar-refractivity contribution in [3.05, 3.63) is 63.2 Å². The topological polar surface area (TPSA) is 145 Å². The molecule has 0 radical (unpaired) electrons. The Morgan fingerprint density at radius 2 is 1.85 bits per heavy atom. The van der Waals surface area contributed by atoms with Crippen LogP contribution in [-0.2, 0) is 16.6 Å². The number of carbonyl (C=O) groups is 2. The van der Waals surface area contributed by atoms with E-state index in [1.54, 1.807) is 39.8 Å². The number of aromatic nitrogens is 4. The van der Waals surface area contributed by atoms with Crippen LogP contribution in [0.2, 0.25) is 0 Å². The molecule has 1 amide bonds. The largest absolute Gasteiger partial charge is 0.480 e. The Morgan fingerprint density at radius 1 is 1.15 bits per heavy atom. The number of carbonyl (C=O) groups excluding carboxylic acids is 1. The van der Waals surface area contributed by atoms with Crippen molar-refractivity contribution in [2.75, 3.05) is 0 Å². The maximum absolute atomic E-state index is 12.9. The summed E-state index contributed by atoms with van der Waals surface area (Å²) in [5.41, 5.74) is -0.875. The van der Waals surface area contributed by atoms with E-state index in [9.17, 15) is 24.3 Å². The first-order valence-electron chi connectivity index (χ1n) is 10.2. The normalized spacial score (nSPS) is 13.4. The Bertz CT molecular complexity index is 1320. The van der Waals surface area contributed by atoms with Gasteiger partial charge in [-0.25, -0.2) is 23.9 Å². The maximum Gasteiger partial charge on any atom is 0.408 e. The van der Waals surface area contributed by atoms with E-state index in [4.69, 9.17) is 4.74 Å². The molecule has 0 saturated carbocycles. The highest BCUT2D eigenvalue weighted by Crippen LogP contribution is 2.19. The summed E-state index contributed by atoms with van der Waals surface area (Å²) in [6.07, 6.45) is 1.90. The number of amides is 1. The second-order valence-corrected chi connectivity index (χ2v) is 8.55. The molecule has 33 heavy (non-hydrogen) atoms. The van der Waals surface area contributed by atoms with Crippen molar-refractivity contribution in [2.45, 2.75) is 45.3 Å². The van der Waals surface area contributed by atoms with Crippen molar-refractivity contribution in [3.8, 4) is 5.69 Å². The molecule has 11 heteroatoms. The summed E-state index contributed by atoms with van der Waals surface area (Å²) in [6, 6.07) is 4.94. The highest BCUT2D eigenvalue weighted by Gasteiger charge is 2.30. The summed E-state index contributed by atoms with van der Waals surface area (Å²) >= 11 is 0. The van der Waals surface area contributed by atoms with E-state index in [-0.39, 0.29) is 11.2 Å². The average molecular weight is 455 g/mol. The van der Waals surface area contributed by atoms with Crippen LogP contribution in [0.15, 0.2) is 46.2 Å². The summed E-state index contributed by atoms with van der Waals surface area (Å²) in [6.45, 7) is 6.59. The van der Waals surface area contributed by atoms with Gasteiger partial charge in [0.1, 0.15) is 11.6 Å². The minimum Gasteiger partial charge on any atom is -0.480 e. The standard InChI is InChI=1S/C22H25N5O6/c1-12(16(19(29)30)25-20(31)33-22(2,3)4)14-9-8-13(11-24-14)27-18(28)17-15(7-6-10-23-17)26(5)21(27)32/h6-12,16H,1-5H3,(H,25,31)(H,29,30)/t12?,16-/m0/s1. The number of nitrogens with one attached hydrogen (secondary N) is 1. The van der Waals surface area contributed by atoms with E-state index in [0.29, 0.717) is 11.2 Å². The molecule has 0 aliphatic carbocycles. The minimum absolute atomic E-state index is 0.129. The highest BCUT2D eigenvalue weighted by atomic mass is 16.6. The highest BCUT2D eigenvalue weighted by molar-refractivity contribution is 5.81. The lowest BCUT2D eigenvalue weighted by Gasteiger charge is -2.24. The van der Waals surface area contributed by atoms with Gasteiger partial charge in [-0.3, -0.25) is 14.3 Å². The smallest absolute Gasteiger partial charge is 0.408 e. The lowest BCUT2D eigenvalue weighted by Crippen LogP contribution is -2.46. The second-order valence-electron chi connectivity index (χ2n) is 8.55. The number of hydrogen-bond donors (Lipinski definition) is 2. The number of nitrogens with zero attached hydrogens (tertiary/aromatic N) is 4.